The summed E-state index contributed by atoms with van der Waals surface area (Å²) >= 11 is 0. The van der Waals surface area contributed by atoms with Gasteiger partial charge in [0.15, 0.2) is 5.69 Å². The minimum absolute atomic E-state index is 0.127. The predicted molar refractivity (Wildman–Crippen MR) is 35.2 cm³/mol. The number of hydrogen-bond acceptors (Lipinski definition) is 2. The van der Waals surface area contributed by atoms with E-state index in [0.717, 1.165) is 6.07 Å². The lowest BCUT2D eigenvalue weighted by atomic mass is 10.4. The van der Waals surface area contributed by atoms with Gasteiger partial charge in [0.05, 0.1) is 0 Å². The van der Waals surface area contributed by atoms with E-state index in [1.54, 1.807) is 0 Å². The minimum atomic E-state index is -2.79. The van der Waals surface area contributed by atoms with Crippen molar-refractivity contribution >= 4 is 5.97 Å². The summed E-state index contributed by atoms with van der Waals surface area (Å²) in [4.78, 5) is 10.3. The van der Waals surface area contributed by atoms with Crippen LogP contribution in [0.25, 0.3) is 0 Å². The number of aryl methyl sites for hydroxylation is 1. The van der Waals surface area contributed by atoms with Crippen LogP contribution in [0.1, 0.15) is 22.7 Å². The lowest BCUT2D eigenvalue weighted by Crippen LogP contribution is -2.04. The maximum absolute atomic E-state index is 12.0. The molecule has 0 unspecified atom stereocenters. The van der Waals surface area contributed by atoms with Crippen LogP contribution in [0.2, 0.25) is 0 Å². The van der Waals surface area contributed by atoms with Crippen LogP contribution in [0.3, 0.4) is 0 Å². The molecule has 1 aromatic rings. The van der Waals surface area contributed by atoms with Gasteiger partial charge in [-0.15, -0.1) is 0 Å². The highest BCUT2D eigenvalue weighted by Crippen LogP contribution is 2.13. The van der Waals surface area contributed by atoms with E-state index >= 15 is 0 Å². The second kappa shape index (κ2) is 2.88. The average molecular weight is 176 g/mol. The minimum Gasteiger partial charge on any atom is -0.476 e. The fourth-order valence-electron chi connectivity index (χ4n) is 0.790. The number of alkyl halides is 2. The molecule has 6 heteroatoms. The molecule has 0 radical (unpaired) electrons. The predicted octanol–water partition coefficient (Wildman–Crippen LogP) is 1.28. The van der Waals surface area contributed by atoms with Gasteiger partial charge in [0.25, 0.3) is 0 Å². The molecule has 0 amide bonds. The van der Waals surface area contributed by atoms with Gasteiger partial charge in [-0.25, -0.2) is 9.48 Å². The van der Waals surface area contributed by atoms with Crippen LogP contribution in [-0.4, -0.2) is 20.9 Å². The summed E-state index contributed by atoms with van der Waals surface area (Å²) in [6.07, 6.45) is 0. The number of carboxylic acids is 1. The Bertz CT molecular complexity index is 308. The van der Waals surface area contributed by atoms with Crippen LogP contribution in [0.4, 0.5) is 8.78 Å². The van der Waals surface area contributed by atoms with Crippen molar-refractivity contribution in [3.05, 3.63) is 17.5 Å². The van der Waals surface area contributed by atoms with Gasteiger partial charge < -0.3 is 5.11 Å². The lowest BCUT2D eigenvalue weighted by molar-refractivity contribution is 0.0526. The number of aromatic carboxylic acids is 1. The molecule has 0 saturated carbocycles. The van der Waals surface area contributed by atoms with E-state index in [1.807, 2.05) is 0 Å². The molecule has 0 aromatic carbocycles. The van der Waals surface area contributed by atoms with E-state index < -0.39 is 12.5 Å². The Morgan fingerprint density at radius 2 is 2.33 bits per heavy atom. The molecule has 0 bridgehead atoms. The summed E-state index contributed by atoms with van der Waals surface area (Å²) < 4.78 is 24.4. The number of rotatable bonds is 2. The monoisotopic (exact) mass is 176 g/mol. The Balaban J connectivity index is 3.09. The molecular weight excluding hydrogens is 170 g/mol. The van der Waals surface area contributed by atoms with E-state index in [2.05, 4.69) is 5.10 Å². The Morgan fingerprint density at radius 1 is 1.75 bits per heavy atom. The van der Waals surface area contributed by atoms with Gasteiger partial charge in [0, 0.05) is 5.69 Å². The Hall–Kier alpha value is -1.46. The van der Waals surface area contributed by atoms with Crippen LogP contribution >= 0.6 is 0 Å². The number of nitrogens with zero attached hydrogens (tertiary/aromatic N) is 2. The second-order valence-electron chi connectivity index (χ2n) is 2.20. The Morgan fingerprint density at radius 3 is 2.58 bits per heavy atom. The van der Waals surface area contributed by atoms with E-state index in [4.69, 9.17) is 5.11 Å². The first-order valence-corrected chi connectivity index (χ1v) is 3.10. The van der Waals surface area contributed by atoms with E-state index in [9.17, 15) is 13.6 Å². The summed E-state index contributed by atoms with van der Waals surface area (Å²) in [5.74, 6) is -1.31. The number of carbonyl (C=O) groups is 1. The highest BCUT2D eigenvalue weighted by Gasteiger charge is 2.15. The average Bonchev–Trinajstić information content (AvgIpc) is 2.30. The molecule has 1 N–H and O–H groups in total. The molecule has 1 heterocycles. The molecule has 0 aliphatic rings. The molecule has 0 fully saturated rings. The van der Waals surface area contributed by atoms with Crippen molar-refractivity contribution in [2.75, 3.05) is 0 Å². The van der Waals surface area contributed by atoms with Gasteiger partial charge in [-0.05, 0) is 13.0 Å². The van der Waals surface area contributed by atoms with Crippen molar-refractivity contribution in [2.24, 2.45) is 0 Å². The van der Waals surface area contributed by atoms with Gasteiger partial charge in [0.2, 0.25) is 0 Å². The standard InChI is InChI=1S/C6H6F2N2O2/c1-3-2-4(5(11)12)9-10(3)6(7)8/h2,6H,1H3,(H,11,12). The molecule has 4 nitrogen and oxygen atoms in total. The molecule has 0 aliphatic carbocycles. The Labute approximate surface area is 66.4 Å². The smallest absolute Gasteiger partial charge is 0.356 e. The fraction of sp³-hybridized carbons (Fsp3) is 0.333. The van der Waals surface area contributed by atoms with Crippen LogP contribution in [-0.2, 0) is 0 Å². The lowest BCUT2D eigenvalue weighted by Gasteiger charge is -1.99. The topological polar surface area (TPSA) is 55.1 Å². The third-order valence-electron chi connectivity index (χ3n) is 1.33. The molecule has 0 saturated heterocycles. The first-order valence-electron chi connectivity index (χ1n) is 3.10. The normalized spacial score (nSPS) is 10.7. The summed E-state index contributed by atoms with van der Waals surface area (Å²) in [7, 11) is 0. The highest BCUT2D eigenvalue weighted by molar-refractivity contribution is 5.85. The zero-order chi connectivity index (χ0) is 9.30. The van der Waals surface area contributed by atoms with Crippen LogP contribution in [0.15, 0.2) is 6.07 Å². The van der Waals surface area contributed by atoms with E-state index in [1.165, 1.54) is 6.92 Å². The number of carboxylic acid groups (broad SMARTS) is 1. The van der Waals surface area contributed by atoms with Crippen LogP contribution < -0.4 is 0 Å². The Kier molecular flexibility index (Phi) is 2.07. The van der Waals surface area contributed by atoms with E-state index in [-0.39, 0.29) is 11.4 Å². The van der Waals surface area contributed by atoms with Crippen molar-refractivity contribution < 1.29 is 18.7 Å². The summed E-state index contributed by atoms with van der Waals surface area (Å²) in [6, 6.07) is 1.09. The molecule has 12 heavy (non-hydrogen) atoms. The summed E-state index contributed by atoms with van der Waals surface area (Å²) in [5.41, 5.74) is -0.241. The quantitative estimate of drug-likeness (QED) is 0.738. The zero-order valence-electron chi connectivity index (χ0n) is 6.16. The molecule has 0 atom stereocenters. The van der Waals surface area contributed by atoms with Crippen molar-refractivity contribution in [3.8, 4) is 0 Å². The SMILES string of the molecule is Cc1cc(C(=O)O)nn1C(F)F. The third-order valence-corrected chi connectivity index (χ3v) is 1.33. The highest BCUT2D eigenvalue weighted by atomic mass is 19.3. The maximum Gasteiger partial charge on any atom is 0.356 e. The first-order chi connectivity index (χ1) is 5.52. The van der Waals surface area contributed by atoms with Crippen molar-refractivity contribution in [1.29, 1.82) is 0 Å². The third kappa shape index (κ3) is 1.41. The van der Waals surface area contributed by atoms with E-state index in [0.29, 0.717) is 4.68 Å². The molecule has 1 aromatic heterocycles. The van der Waals surface area contributed by atoms with Gasteiger partial charge in [-0.1, -0.05) is 0 Å². The molecule has 0 aliphatic heterocycles. The first kappa shape index (κ1) is 8.63. The number of hydrogen-bond donors (Lipinski definition) is 1. The van der Waals surface area contributed by atoms with Crippen molar-refractivity contribution in [2.45, 2.75) is 13.5 Å². The molecule has 1 rings (SSSR count). The largest absolute Gasteiger partial charge is 0.476 e. The van der Waals surface area contributed by atoms with Crippen molar-refractivity contribution in [3.63, 3.8) is 0 Å². The summed E-state index contributed by atoms with van der Waals surface area (Å²) in [5, 5.41) is 11.6. The number of aromatic nitrogens is 2. The van der Waals surface area contributed by atoms with Gasteiger partial charge in [0.1, 0.15) is 0 Å². The van der Waals surface area contributed by atoms with Gasteiger partial charge >= 0.3 is 12.5 Å². The second-order valence-corrected chi connectivity index (χ2v) is 2.20. The van der Waals surface area contributed by atoms with Crippen molar-refractivity contribution in [1.82, 2.24) is 9.78 Å². The molecule has 0 spiro atoms. The molecular formula is C6H6F2N2O2. The maximum atomic E-state index is 12.0. The fourth-order valence-corrected chi connectivity index (χ4v) is 0.790. The van der Waals surface area contributed by atoms with Crippen LogP contribution in [0.5, 0.6) is 0 Å². The molecule has 66 valence electrons. The zero-order valence-corrected chi connectivity index (χ0v) is 6.16. The van der Waals surface area contributed by atoms with Gasteiger partial charge in [-0.3, -0.25) is 0 Å². The number of halogens is 2. The van der Waals surface area contributed by atoms with Gasteiger partial charge in [-0.2, -0.15) is 13.9 Å². The van der Waals surface area contributed by atoms with Crippen LogP contribution in [0, 0.1) is 6.92 Å². The summed E-state index contributed by atoms with van der Waals surface area (Å²) in [6.45, 7) is -1.43.